The number of nitrogens with one attached hydrogen (secondary N) is 2. The van der Waals surface area contributed by atoms with Crippen LogP contribution in [-0.4, -0.2) is 22.0 Å². The van der Waals surface area contributed by atoms with E-state index in [-0.39, 0.29) is 5.78 Å². The fraction of sp³-hybridized carbons (Fsp3) is 0. The molecule has 0 bridgehead atoms. The summed E-state index contributed by atoms with van der Waals surface area (Å²) in [6.07, 6.45) is 0. The van der Waals surface area contributed by atoms with E-state index in [1.807, 2.05) is 18.2 Å². The molecule has 2 aromatic carbocycles. The second-order valence-electron chi connectivity index (χ2n) is 4.30. The molecule has 126 valence electrons. The van der Waals surface area contributed by atoms with Gasteiger partial charge in [-0.15, -0.1) is 5.43 Å². The Balaban J connectivity index is 0.000000307. The fourth-order valence-electron chi connectivity index (χ4n) is 1.57. The van der Waals surface area contributed by atoms with E-state index < -0.39 is 11.0 Å². The predicted octanol–water partition coefficient (Wildman–Crippen LogP) is 1.89. The number of halogens is 1. The highest BCUT2D eigenvalue weighted by molar-refractivity contribution is 6.31. The van der Waals surface area contributed by atoms with Gasteiger partial charge in [-0.1, -0.05) is 41.9 Å². The summed E-state index contributed by atoms with van der Waals surface area (Å²) in [7, 11) is 0. The van der Waals surface area contributed by atoms with Crippen molar-refractivity contribution in [1.29, 1.82) is 5.41 Å². The zero-order chi connectivity index (χ0) is 18.1. The number of anilines is 1. The zero-order valence-corrected chi connectivity index (χ0v) is 13.1. The van der Waals surface area contributed by atoms with Gasteiger partial charge in [-0.3, -0.25) is 4.79 Å². The minimum atomic E-state index is -0.735. The third-order valence-corrected chi connectivity index (χ3v) is 2.79. The Labute approximate surface area is 142 Å². The lowest BCUT2D eigenvalue weighted by atomic mass is 10.0. The number of rotatable bonds is 3. The van der Waals surface area contributed by atoms with E-state index in [1.54, 1.807) is 35.8 Å². The average molecular weight is 351 g/mol. The summed E-state index contributed by atoms with van der Waals surface area (Å²) in [6.45, 7) is 0. The summed E-state index contributed by atoms with van der Waals surface area (Å²) >= 11 is 5.84. The lowest BCUT2D eigenvalue weighted by Crippen LogP contribution is -2.26. The van der Waals surface area contributed by atoms with E-state index in [9.17, 15) is 10.0 Å². The maximum atomic E-state index is 12.1. The summed E-state index contributed by atoms with van der Waals surface area (Å²) in [5, 5.41) is 25.9. The summed E-state index contributed by atoms with van der Waals surface area (Å²) in [5.41, 5.74) is 13.6. The highest BCUT2D eigenvalue weighted by Crippen LogP contribution is 2.20. The smallest absolute Gasteiger partial charge is 0.302 e. The molecule has 0 aliphatic rings. The number of nitrogens with two attached hydrogens (primary N) is 2. The summed E-state index contributed by atoms with van der Waals surface area (Å²) < 4.78 is 0. The molecule has 0 heterocycles. The topological polar surface area (TPSA) is 164 Å². The molecule has 9 nitrogen and oxygen atoms in total. The molecular weight excluding hydrogens is 336 g/mol. The normalized spacial score (nSPS) is 10.3. The maximum Gasteiger partial charge on any atom is 0.302 e. The van der Waals surface area contributed by atoms with Crippen LogP contribution < -0.4 is 16.9 Å². The van der Waals surface area contributed by atoms with E-state index >= 15 is 0 Å². The fourth-order valence-corrected chi connectivity index (χ4v) is 1.74. The first-order valence-electron chi connectivity index (χ1n) is 6.43. The van der Waals surface area contributed by atoms with E-state index in [1.165, 1.54) is 0 Å². The molecule has 0 unspecified atom stereocenters. The van der Waals surface area contributed by atoms with Gasteiger partial charge in [0.2, 0.25) is 0 Å². The molecule has 0 saturated heterocycles. The zero-order valence-electron chi connectivity index (χ0n) is 12.3. The molecule has 2 aromatic rings. The minimum absolute atomic E-state index is 0.111. The van der Waals surface area contributed by atoms with Crippen molar-refractivity contribution in [3.63, 3.8) is 0 Å². The predicted molar refractivity (Wildman–Crippen MR) is 88.6 cm³/mol. The highest BCUT2D eigenvalue weighted by Gasteiger charge is 2.12. The van der Waals surface area contributed by atoms with Crippen molar-refractivity contribution in [2.45, 2.75) is 0 Å². The molecule has 0 atom stereocenters. The monoisotopic (exact) mass is 350 g/mol. The number of carbonyl (C=O) groups is 1. The van der Waals surface area contributed by atoms with E-state index in [0.29, 0.717) is 21.8 Å². The molecule has 7 N–H and O–H groups in total. The number of carbonyl (C=O) groups excluding carboxylic acids is 1. The lowest BCUT2D eigenvalue weighted by molar-refractivity contribution is -0.779. The lowest BCUT2D eigenvalue weighted by Gasteiger charge is -2.05. The summed E-state index contributed by atoms with van der Waals surface area (Å²) in [5.74, 6) is -0.625. The number of hydrogen-bond donors (Lipinski definition) is 5. The van der Waals surface area contributed by atoms with Gasteiger partial charge >= 0.3 is 5.96 Å². The van der Waals surface area contributed by atoms with Crippen molar-refractivity contribution < 1.29 is 15.0 Å². The molecule has 0 radical (unpaired) electrons. The number of benzene rings is 2. The van der Waals surface area contributed by atoms with Gasteiger partial charge in [0, 0.05) is 21.8 Å². The van der Waals surface area contributed by atoms with Crippen molar-refractivity contribution in [3.05, 3.63) is 69.9 Å². The van der Waals surface area contributed by atoms with Crippen molar-refractivity contribution in [3.8, 4) is 0 Å². The van der Waals surface area contributed by atoms with Crippen LogP contribution in [0.2, 0.25) is 5.02 Å². The first-order chi connectivity index (χ1) is 11.3. The number of guanidine groups is 1. The van der Waals surface area contributed by atoms with Crippen molar-refractivity contribution >= 4 is 29.0 Å². The van der Waals surface area contributed by atoms with Crippen LogP contribution in [0.25, 0.3) is 0 Å². The third-order valence-electron chi connectivity index (χ3n) is 2.55. The van der Waals surface area contributed by atoms with Crippen LogP contribution in [0.4, 0.5) is 5.69 Å². The molecule has 0 aromatic heterocycles. The standard InChI is InChI=1S/C13H10ClNO.CH5N5O2/c14-10-6-7-12(15)11(8-10)13(16)9-4-2-1-3-5-9;2-1(3)4-5-6(7)8/h1-8H,15H2;(H4,2,3,4)(H,5,7,8). The molecular formula is C14H15ClN6O3. The SMILES string of the molecule is N=C(N)N/N=[N+](\[O-])O.Nc1ccc(Cl)cc1C(=O)c1ccccc1. The first-order valence-corrected chi connectivity index (χ1v) is 6.80. The van der Waals surface area contributed by atoms with Crippen LogP contribution in [0, 0.1) is 10.6 Å². The second kappa shape index (κ2) is 8.96. The number of hydrogen-bond acceptors (Lipinski definition) is 5. The van der Waals surface area contributed by atoms with Crippen LogP contribution in [-0.2, 0) is 0 Å². The molecule has 0 amide bonds. The average Bonchev–Trinajstić information content (AvgIpc) is 2.56. The molecule has 24 heavy (non-hydrogen) atoms. The number of nitrogens with zero attached hydrogens (tertiary/aromatic N) is 2. The van der Waals surface area contributed by atoms with Gasteiger partial charge in [-0.25, -0.2) is 5.41 Å². The van der Waals surface area contributed by atoms with E-state index in [4.69, 9.17) is 28.0 Å². The molecule has 2 rings (SSSR count). The van der Waals surface area contributed by atoms with E-state index in [2.05, 4.69) is 11.0 Å². The second-order valence-corrected chi connectivity index (χ2v) is 4.74. The van der Waals surface area contributed by atoms with Crippen molar-refractivity contribution in [1.82, 2.24) is 5.43 Å². The van der Waals surface area contributed by atoms with Crippen LogP contribution >= 0.6 is 11.6 Å². The van der Waals surface area contributed by atoms with Gasteiger partial charge < -0.3 is 21.9 Å². The molecule has 0 aliphatic carbocycles. The van der Waals surface area contributed by atoms with Crippen LogP contribution in [0.5, 0.6) is 0 Å². The molecule has 0 saturated carbocycles. The van der Waals surface area contributed by atoms with Crippen LogP contribution in [0.15, 0.2) is 53.8 Å². The van der Waals surface area contributed by atoms with Crippen molar-refractivity contribution in [2.75, 3.05) is 5.73 Å². The van der Waals surface area contributed by atoms with Crippen molar-refractivity contribution in [2.24, 2.45) is 11.0 Å². The van der Waals surface area contributed by atoms with Gasteiger partial charge in [-0.05, 0) is 18.2 Å². The molecule has 10 heteroatoms. The summed E-state index contributed by atoms with van der Waals surface area (Å²) in [6, 6.07) is 13.9. The quantitative estimate of drug-likeness (QED) is 0.142. The Hall–Kier alpha value is -3.33. The van der Waals surface area contributed by atoms with Gasteiger partial charge in [0.05, 0.1) is 5.02 Å². The Kier molecular flexibility index (Phi) is 6.98. The first kappa shape index (κ1) is 18.7. The maximum absolute atomic E-state index is 12.1. The van der Waals surface area contributed by atoms with E-state index in [0.717, 1.165) is 0 Å². The Bertz CT molecular complexity index is 747. The van der Waals surface area contributed by atoms with Gasteiger partial charge in [0.25, 0.3) is 0 Å². The minimum Gasteiger partial charge on any atom is -0.472 e. The van der Waals surface area contributed by atoms with Gasteiger partial charge in [0.15, 0.2) is 5.78 Å². The molecule has 0 spiro atoms. The largest absolute Gasteiger partial charge is 0.472 e. The van der Waals surface area contributed by atoms with Crippen LogP contribution in [0.3, 0.4) is 0 Å². The Morgan fingerprint density at radius 1 is 1.29 bits per heavy atom. The Morgan fingerprint density at radius 3 is 2.42 bits per heavy atom. The number of nitrogen functional groups attached to an aromatic ring is 1. The van der Waals surface area contributed by atoms with Gasteiger partial charge in [0.1, 0.15) is 5.22 Å². The molecule has 0 fully saturated rings. The van der Waals surface area contributed by atoms with Gasteiger partial charge in [-0.2, -0.15) is 0 Å². The highest BCUT2D eigenvalue weighted by atomic mass is 35.5. The number of ketones is 1. The molecule has 0 aliphatic heterocycles. The third kappa shape index (κ3) is 6.20. The van der Waals surface area contributed by atoms with Crippen LogP contribution in [0.1, 0.15) is 15.9 Å². The Morgan fingerprint density at radius 2 is 1.92 bits per heavy atom. The summed E-state index contributed by atoms with van der Waals surface area (Å²) in [4.78, 5) is 12.1.